The number of nitrogens with one attached hydrogen (secondary N) is 1. The van der Waals surface area contributed by atoms with Crippen molar-refractivity contribution in [2.75, 3.05) is 0 Å². The second kappa shape index (κ2) is 3.13. The third kappa shape index (κ3) is 1.52. The van der Waals surface area contributed by atoms with Crippen LogP contribution >= 0.6 is 11.3 Å². The van der Waals surface area contributed by atoms with E-state index in [4.69, 9.17) is 0 Å². The molecule has 2 heterocycles. The first-order chi connectivity index (χ1) is 6.59. The van der Waals surface area contributed by atoms with Gasteiger partial charge in [0, 0.05) is 10.9 Å². The van der Waals surface area contributed by atoms with E-state index in [-0.39, 0.29) is 5.69 Å². The van der Waals surface area contributed by atoms with Crippen LogP contribution in [0.3, 0.4) is 0 Å². The molecule has 0 aromatic carbocycles. The number of alkyl halides is 3. The molecule has 74 valence electrons. The Morgan fingerprint density at radius 2 is 2.14 bits per heavy atom. The van der Waals surface area contributed by atoms with Gasteiger partial charge in [-0.3, -0.25) is 5.10 Å². The molecular weight excluding hydrogens is 213 g/mol. The predicted molar refractivity (Wildman–Crippen MR) is 46.9 cm³/mol. The highest BCUT2D eigenvalue weighted by molar-refractivity contribution is 7.08. The molecule has 0 saturated heterocycles. The summed E-state index contributed by atoms with van der Waals surface area (Å²) < 4.78 is 37.3. The maximum Gasteiger partial charge on any atom is 0.420 e. The van der Waals surface area contributed by atoms with Gasteiger partial charge in [0.05, 0.1) is 11.9 Å². The van der Waals surface area contributed by atoms with E-state index in [9.17, 15) is 13.2 Å². The summed E-state index contributed by atoms with van der Waals surface area (Å²) in [5.74, 6) is 0. The second-order valence-electron chi connectivity index (χ2n) is 2.67. The lowest BCUT2D eigenvalue weighted by Crippen LogP contribution is -2.04. The van der Waals surface area contributed by atoms with Crippen molar-refractivity contribution in [2.45, 2.75) is 6.18 Å². The van der Waals surface area contributed by atoms with Gasteiger partial charge >= 0.3 is 6.18 Å². The smallest absolute Gasteiger partial charge is 0.277 e. The number of aromatic nitrogens is 2. The first kappa shape index (κ1) is 9.26. The van der Waals surface area contributed by atoms with Crippen molar-refractivity contribution in [3.05, 3.63) is 28.6 Å². The molecule has 0 aliphatic carbocycles. The highest BCUT2D eigenvalue weighted by Crippen LogP contribution is 2.35. The molecule has 0 atom stereocenters. The summed E-state index contributed by atoms with van der Waals surface area (Å²) in [5.41, 5.74) is -0.186. The van der Waals surface area contributed by atoms with E-state index in [2.05, 4.69) is 10.2 Å². The lowest BCUT2D eigenvalue weighted by Gasteiger charge is -2.04. The molecule has 0 fully saturated rings. The first-order valence-electron chi connectivity index (χ1n) is 3.72. The average molecular weight is 218 g/mol. The normalized spacial score (nSPS) is 11.9. The van der Waals surface area contributed by atoms with Gasteiger partial charge in [0.1, 0.15) is 5.56 Å². The minimum absolute atomic E-state index is 0.0266. The predicted octanol–water partition coefficient (Wildman–Crippen LogP) is 3.16. The van der Waals surface area contributed by atoms with Crippen LogP contribution in [0.5, 0.6) is 0 Å². The summed E-state index contributed by atoms with van der Waals surface area (Å²) in [5, 5.41) is 9.12. The van der Waals surface area contributed by atoms with Gasteiger partial charge in [0.2, 0.25) is 0 Å². The van der Waals surface area contributed by atoms with Gasteiger partial charge in [0.15, 0.2) is 0 Å². The molecule has 2 aromatic rings. The SMILES string of the molecule is FC(F)(F)c1cn[nH]c1-c1ccsc1. The zero-order chi connectivity index (χ0) is 10.2. The standard InChI is InChI=1S/C8H5F3N2S/c9-8(10,11)6-3-12-13-7(6)5-1-2-14-4-5/h1-4H,(H,12,13). The Balaban J connectivity index is 2.51. The van der Waals surface area contributed by atoms with E-state index >= 15 is 0 Å². The van der Waals surface area contributed by atoms with Crippen molar-refractivity contribution in [2.24, 2.45) is 0 Å². The quantitative estimate of drug-likeness (QED) is 0.782. The lowest BCUT2D eigenvalue weighted by molar-refractivity contribution is -0.137. The van der Waals surface area contributed by atoms with Crippen molar-refractivity contribution in [3.63, 3.8) is 0 Å². The fourth-order valence-corrected chi connectivity index (χ4v) is 1.77. The van der Waals surface area contributed by atoms with Gasteiger partial charge in [0.25, 0.3) is 0 Å². The highest BCUT2D eigenvalue weighted by atomic mass is 32.1. The van der Waals surface area contributed by atoms with Crippen LogP contribution in [0.15, 0.2) is 23.0 Å². The van der Waals surface area contributed by atoms with Crippen molar-refractivity contribution in [3.8, 4) is 11.3 Å². The summed E-state index contributed by atoms with van der Waals surface area (Å²) in [6.45, 7) is 0. The maximum absolute atomic E-state index is 12.4. The van der Waals surface area contributed by atoms with E-state index in [1.807, 2.05) is 0 Å². The molecule has 0 radical (unpaired) electrons. The molecule has 1 N–H and O–H groups in total. The molecule has 0 spiro atoms. The number of nitrogens with zero attached hydrogens (tertiary/aromatic N) is 1. The Labute approximate surface area is 81.4 Å². The molecule has 0 aliphatic heterocycles. The molecule has 2 nitrogen and oxygen atoms in total. The topological polar surface area (TPSA) is 28.7 Å². The zero-order valence-corrected chi connectivity index (χ0v) is 7.62. The van der Waals surface area contributed by atoms with Gasteiger partial charge in [-0.25, -0.2) is 0 Å². The molecule has 0 bridgehead atoms. The van der Waals surface area contributed by atoms with Crippen molar-refractivity contribution >= 4 is 11.3 Å². The number of rotatable bonds is 1. The fraction of sp³-hybridized carbons (Fsp3) is 0.125. The number of halogens is 3. The maximum atomic E-state index is 12.4. The first-order valence-corrected chi connectivity index (χ1v) is 4.66. The molecule has 0 unspecified atom stereocenters. The van der Waals surface area contributed by atoms with E-state index in [1.165, 1.54) is 11.3 Å². The van der Waals surface area contributed by atoms with Crippen molar-refractivity contribution in [1.29, 1.82) is 0 Å². The monoisotopic (exact) mass is 218 g/mol. The van der Waals surface area contributed by atoms with Gasteiger partial charge < -0.3 is 0 Å². The van der Waals surface area contributed by atoms with Crippen LogP contribution in [0.1, 0.15) is 5.56 Å². The van der Waals surface area contributed by atoms with Crippen molar-refractivity contribution < 1.29 is 13.2 Å². The number of thiophene rings is 1. The lowest BCUT2D eigenvalue weighted by atomic mass is 10.1. The van der Waals surface area contributed by atoms with Crippen molar-refractivity contribution in [1.82, 2.24) is 10.2 Å². The van der Waals surface area contributed by atoms with E-state index < -0.39 is 11.7 Å². The minimum Gasteiger partial charge on any atom is -0.277 e. The molecule has 0 amide bonds. The van der Waals surface area contributed by atoms with E-state index in [1.54, 1.807) is 16.8 Å². The largest absolute Gasteiger partial charge is 0.420 e. The third-order valence-electron chi connectivity index (χ3n) is 1.75. The fourth-order valence-electron chi connectivity index (χ4n) is 1.13. The second-order valence-corrected chi connectivity index (χ2v) is 3.45. The Bertz CT molecular complexity index is 416. The summed E-state index contributed by atoms with van der Waals surface area (Å²) in [7, 11) is 0. The van der Waals surface area contributed by atoms with Crippen LogP contribution in [0.4, 0.5) is 13.2 Å². The Morgan fingerprint density at radius 3 is 2.71 bits per heavy atom. The molecule has 2 aromatic heterocycles. The Kier molecular flexibility index (Phi) is 2.07. The zero-order valence-electron chi connectivity index (χ0n) is 6.80. The number of aromatic amines is 1. The number of H-pyrrole nitrogens is 1. The van der Waals surface area contributed by atoms with Gasteiger partial charge in [-0.05, 0) is 11.4 Å². The van der Waals surface area contributed by atoms with Crippen LogP contribution in [0, 0.1) is 0 Å². The molecular formula is C8H5F3N2S. The molecule has 2 rings (SSSR count). The average Bonchev–Trinajstić information content (AvgIpc) is 2.73. The summed E-state index contributed by atoms with van der Waals surface area (Å²) >= 11 is 1.34. The van der Waals surface area contributed by atoms with Gasteiger partial charge in [-0.2, -0.15) is 29.6 Å². The van der Waals surface area contributed by atoms with E-state index in [0.717, 1.165) is 6.20 Å². The Hall–Kier alpha value is -1.30. The molecule has 0 saturated carbocycles. The molecule has 14 heavy (non-hydrogen) atoms. The van der Waals surface area contributed by atoms with Crippen LogP contribution in [-0.4, -0.2) is 10.2 Å². The van der Waals surface area contributed by atoms with Crippen LogP contribution in [0.25, 0.3) is 11.3 Å². The van der Waals surface area contributed by atoms with Crippen LogP contribution < -0.4 is 0 Å². The number of hydrogen-bond acceptors (Lipinski definition) is 2. The van der Waals surface area contributed by atoms with Gasteiger partial charge in [-0.1, -0.05) is 0 Å². The van der Waals surface area contributed by atoms with E-state index in [0.29, 0.717) is 5.56 Å². The molecule has 6 heteroatoms. The summed E-state index contributed by atoms with van der Waals surface area (Å²) in [4.78, 5) is 0. The van der Waals surface area contributed by atoms with Crippen LogP contribution in [-0.2, 0) is 6.18 Å². The Morgan fingerprint density at radius 1 is 1.36 bits per heavy atom. The third-order valence-corrected chi connectivity index (χ3v) is 2.44. The number of hydrogen-bond donors (Lipinski definition) is 1. The summed E-state index contributed by atoms with van der Waals surface area (Å²) in [6.07, 6.45) is -3.56. The highest BCUT2D eigenvalue weighted by Gasteiger charge is 2.35. The summed E-state index contributed by atoms with van der Waals surface area (Å²) in [6, 6.07) is 1.62. The minimum atomic E-state index is -4.36. The molecule has 0 aliphatic rings. The van der Waals surface area contributed by atoms with Gasteiger partial charge in [-0.15, -0.1) is 0 Å². The van der Waals surface area contributed by atoms with Crippen LogP contribution in [0.2, 0.25) is 0 Å².